The maximum Gasteiger partial charge on any atom is 0.345 e. The van der Waals surface area contributed by atoms with Gasteiger partial charge in [0, 0.05) is 25.4 Å². The Labute approximate surface area is 94.9 Å². The van der Waals surface area contributed by atoms with E-state index in [1.165, 1.54) is 6.20 Å². The third-order valence-corrected chi connectivity index (χ3v) is 2.78. The summed E-state index contributed by atoms with van der Waals surface area (Å²) in [5, 5.41) is 18.0. The summed E-state index contributed by atoms with van der Waals surface area (Å²) in [5.74, 6) is 0. The molecule has 8 heteroatoms. The molecule has 0 aromatic carbocycles. The van der Waals surface area contributed by atoms with Crippen molar-refractivity contribution in [1.29, 1.82) is 0 Å². The number of nitro groups is 1. The molecule has 84 valence electrons. The molecule has 7 nitrogen and oxygen atoms in total. The monoisotopic (exact) mass is 239 g/mol. The van der Waals surface area contributed by atoms with Gasteiger partial charge in [-0.1, -0.05) is 0 Å². The fourth-order valence-corrected chi connectivity index (χ4v) is 1.80. The Balaban J connectivity index is 1.97. The quantitative estimate of drug-likeness (QED) is 0.643. The van der Waals surface area contributed by atoms with Crippen molar-refractivity contribution in [2.75, 3.05) is 5.32 Å². The van der Waals surface area contributed by atoms with Crippen molar-refractivity contribution in [2.24, 2.45) is 7.05 Å². The molecule has 0 spiro atoms. The largest absolute Gasteiger partial charge is 0.357 e. The number of nitrogens with zero attached hydrogens (tertiary/aromatic N) is 4. The maximum absolute atomic E-state index is 10.4. The van der Waals surface area contributed by atoms with Crippen molar-refractivity contribution in [1.82, 2.24) is 14.8 Å². The van der Waals surface area contributed by atoms with Crippen LogP contribution in [0.4, 0.5) is 10.1 Å². The van der Waals surface area contributed by atoms with Crippen molar-refractivity contribution in [3.8, 4) is 0 Å². The average molecular weight is 239 g/mol. The van der Waals surface area contributed by atoms with E-state index < -0.39 is 4.92 Å². The second-order valence-electron chi connectivity index (χ2n) is 3.14. The second-order valence-corrected chi connectivity index (χ2v) is 4.15. The highest BCUT2D eigenvalue weighted by Crippen LogP contribution is 2.25. The SMILES string of the molecule is Cn1cc(CNc2ncc([N+](=O)[O-])s2)cn1. The number of hydrogen-bond acceptors (Lipinski definition) is 6. The zero-order valence-corrected chi connectivity index (χ0v) is 9.27. The normalized spacial score (nSPS) is 10.3. The van der Waals surface area contributed by atoms with E-state index in [0.717, 1.165) is 16.9 Å². The number of aromatic nitrogens is 3. The lowest BCUT2D eigenvalue weighted by Crippen LogP contribution is -1.97. The lowest BCUT2D eigenvalue weighted by atomic mass is 10.4. The fraction of sp³-hybridized carbons (Fsp3) is 0.250. The van der Waals surface area contributed by atoms with Crippen molar-refractivity contribution < 1.29 is 4.92 Å². The van der Waals surface area contributed by atoms with Crippen LogP contribution in [-0.4, -0.2) is 19.7 Å². The molecule has 2 aromatic rings. The lowest BCUT2D eigenvalue weighted by Gasteiger charge is -1.97. The van der Waals surface area contributed by atoms with Gasteiger partial charge in [0.25, 0.3) is 0 Å². The van der Waals surface area contributed by atoms with E-state index in [2.05, 4.69) is 15.4 Å². The first-order chi connectivity index (χ1) is 7.65. The van der Waals surface area contributed by atoms with Gasteiger partial charge in [-0.3, -0.25) is 14.8 Å². The average Bonchev–Trinajstić information content (AvgIpc) is 2.83. The predicted octanol–water partition coefficient (Wildman–Crippen LogP) is 1.40. The van der Waals surface area contributed by atoms with Crippen LogP contribution in [0.25, 0.3) is 0 Å². The smallest absolute Gasteiger partial charge is 0.345 e. The first-order valence-corrected chi connectivity index (χ1v) is 5.28. The first kappa shape index (κ1) is 10.6. The molecule has 0 unspecified atom stereocenters. The van der Waals surface area contributed by atoms with Gasteiger partial charge in [-0.15, -0.1) is 0 Å². The molecular formula is C8H9N5O2S. The van der Waals surface area contributed by atoms with Gasteiger partial charge in [-0.2, -0.15) is 5.10 Å². The minimum atomic E-state index is -0.451. The number of nitrogens with one attached hydrogen (secondary N) is 1. The van der Waals surface area contributed by atoms with Crippen LogP contribution in [0.2, 0.25) is 0 Å². The molecule has 0 aliphatic heterocycles. The Kier molecular flexibility index (Phi) is 2.82. The Morgan fingerprint density at radius 3 is 3.00 bits per heavy atom. The van der Waals surface area contributed by atoms with E-state index >= 15 is 0 Å². The van der Waals surface area contributed by atoms with E-state index in [4.69, 9.17) is 0 Å². The molecule has 2 aromatic heterocycles. The molecule has 0 bridgehead atoms. The highest BCUT2D eigenvalue weighted by molar-refractivity contribution is 7.18. The van der Waals surface area contributed by atoms with E-state index in [1.54, 1.807) is 10.9 Å². The summed E-state index contributed by atoms with van der Waals surface area (Å²) >= 11 is 1.02. The third kappa shape index (κ3) is 2.34. The van der Waals surface area contributed by atoms with Crippen LogP contribution in [0, 0.1) is 10.1 Å². The Morgan fingerprint density at radius 2 is 2.44 bits per heavy atom. The Hall–Kier alpha value is -1.96. The number of thiazole rings is 1. The van der Waals surface area contributed by atoms with Crippen LogP contribution in [0.15, 0.2) is 18.6 Å². The van der Waals surface area contributed by atoms with Gasteiger partial charge >= 0.3 is 5.00 Å². The molecule has 0 saturated heterocycles. The summed E-state index contributed by atoms with van der Waals surface area (Å²) in [4.78, 5) is 13.9. The van der Waals surface area contributed by atoms with Gasteiger partial charge < -0.3 is 5.32 Å². The van der Waals surface area contributed by atoms with Crippen LogP contribution in [0.5, 0.6) is 0 Å². The second kappa shape index (κ2) is 4.27. The summed E-state index contributed by atoms with van der Waals surface area (Å²) in [5.41, 5.74) is 1.00. The number of anilines is 1. The van der Waals surface area contributed by atoms with E-state index in [-0.39, 0.29) is 5.00 Å². The minimum absolute atomic E-state index is 0.0358. The van der Waals surface area contributed by atoms with E-state index in [1.807, 2.05) is 13.2 Å². The zero-order valence-electron chi connectivity index (χ0n) is 8.45. The molecule has 0 saturated carbocycles. The predicted molar refractivity (Wildman–Crippen MR) is 59.3 cm³/mol. The van der Waals surface area contributed by atoms with E-state index in [9.17, 15) is 10.1 Å². The van der Waals surface area contributed by atoms with Crippen molar-refractivity contribution in [2.45, 2.75) is 6.54 Å². The first-order valence-electron chi connectivity index (χ1n) is 4.47. The third-order valence-electron chi connectivity index (χ3n) is 1.88. The van der Waals surface area contributed by atoms with Crippen molar-refractivity contribution in [3.63, 3.8) is 0 Å². The minimum Gasteiger partial charge on any atom is -0.357 e. The van der Waals surface area contributed by atoms with Gasteiger partial charge in [0.1, 0.15) is 6.20 Å². The Morgan fingerprint density at radius 1 is 1.62 bits per heavy atom. The van der Waals surface area contributed by atoms with Crippen LogP contribution in [0.3, 0.4) is 0 Å². The summed E-state index contributed by atoms with van der Waals surface area (Å²) < 4.78 is 1.70. The maximum atomic E-state index is 10.4. The molecule has 2 rings (SSSR count). The van der Waals surface area contributed by atoms with Crippen LogP contribution in [0.1, 0.15) is 5.56 Å². The molecule has 2 heterocycles. The van der Waals surface area contributed by atoms with Crippen LogP contribution < -0.4 is 5.32 Å². The summed E-state index contributed by atoms with van der Waals surface area (Å²) in [7, 11) is 1.83. The molecular weight excluding hydrogens is 230 g/mol. The van der Waals surface area contributed by atoms with Gasteiger partial charge in [-0.05, 0) is 11.3 Å². The molecule has 0 aliphatic carbocycles. The van der Waals surface area contributed by atoms with Crippen LogP contribution >= 0.6 is 11.3 Å². The molecule has 0 radical (unpaired) electrons. The van der Waals surface area contributed by atoms with Crippen molar-refractivity contribution in [3.05, 3.63) is 34.3 Å². The van der Waals surface area contributed by atoms with Gasteiger partial charge in [-0.25, -0.2) is 4.98 Å². The Bertz CT molecular complexity index is 506. The number of hydrogen-bond donors (Lipinski definition) is 1. The fourth-order valence-electron chi connectivity index (χ4n) is 1.17. The standard InChI is InChI=1S/C8H9N5O2S/c1-12-5-6(3-11-12)2-9-8-10-4-7(16-8)13(14)15/h3-5H,2H2,1H3,(H,9,10). The molecule has 1 N–H and O–H groups in total. The summed E-state index contributed by atoms with van der Waals surface area (Å²) in [6.45, 7) is 0.554. The molecule has 0 atom stereocenters. The van der Waals surface area contributed by atoms with Crippen molar-refractivity contribution >= 4 is 21.5 Å². The summed E-state index contributed by atoms with van der Waals surface area (Å²) in [6, 6.07) is 0. The zero-order chi connectivity index (χ0) is 11.5. The molecule has 0 aliphatic rings. The lowest BCUT2D eigenvalue weighted by molar-refractivity contribution is -0.380. The molecule has 0 fully saturated rings. The van der Waals surface area contributed by atoms with Gasteiger partial charge in [0.2, 0.25) is 0 Å². The molecule has 16 heavy (non-hydrogen) atoms. The highest BCUT2D eigenvalue weighted by Gasteiger charge is 2.10. The van der Waals surface area contributed by atoms with Crippen LogP contribution in [-0.2, 0) is 13.6 Å². The van der Waals surface area contributed by atoms with Gasteiger partial charge in [0.05, 0.1) is 11.1 Å². The number of rotatable bonds is 4. The van der Waals surface area contributed by atoms with Gasteiger partial charge in [0.15, 0.2) is 5.13 Å². The van der Waals surface area contributed by atoms with E-state index in [0.29, 0.717) is 11.7 Å². The number of aryl methyl sites for hydroxylation is 1. The molecule has 0 amide bonds. The highest BCUT2D eigenvalue weighted by atomic mass is 32.1. The summed E-state index contributed by atoms with van der Waals surface area (Å²) in [6.07, 6.45) is 4.85. The topological polar surface area (TPSA) is 85.9 Å².